The first kappa shape index (κ1) is 17.9. The first-order valence-corrected chi connectivity index (χ1v) is 8.04. The fourth-order valence-corrected chi connectivity index (χ4v) is 2.45. The highest BCUT2D eigenvalue weighted by Gasteiger charge is 2.06. The molecular formula is C16H35NO. The van der Waals surface area contributed by atoms with E-state index in [-0.39, 0.29) is 0 Å². The van der Waals surface area contributed by atoms with E-state index in [1.165, 1.54) is 64.3 Å². The molecule has 0 amide bonds. The minimum atomic E-state index is 0.829. The summed E-state index contributed by atoms with van der Waals surface area (Å²) in [5, 5.41) is 3.51. The van der Waals surface area contributed by atoms with Gasteiger partial charge in [-0.3, -0.25) is 0 Å². The molecule has 0 aromatic heterocycles. The summed E-state index contributed by atoms with van der Waals surface area (Å²) in [5.74, 6) is 0.873. The Morgan fingerprint density at radius 2 is 1.61 bits per heavy atom. The second kappa shape index (κ2) is 15.0. The van der Waals surface area contributed by atoms with Crippen molar-refractivity contribution in [3.8, 4) is 0 Å². The number of hydrogen-bond donors (Lipinski definition) is 1. The molecule has 0 aromatic carbocycles. The summed E-state index contributed by atoms with van der Waals surface area (Å²) in [6.45, 7) is 7.57. The highest BCUT2D eigenvalue weighted by Crippen LogP contribution is 2.16. The minimum Gasteiger partial charge on any atom is -0.383 e. The van der Waals surface area contributed by atoms with E-state index in [0.717, 1.165) is 19.1 Å². The lowest BCUT2D eigenvalue weighted by molar-refractivity contribution is 0.197. The maximum Gasteiger partial charge on any atom is 0.0587 e. The van der Waals surface area contributed by atoms with Crippen molar-refractivity contribution in [2.75, 3.05) is 26.8 Å². The van der Waals surface area contributed by atoms with Gasteiger partial charge in [-0.15, -0.1) is 0 Å². The molecule has 0 aliphatic heterocycles. The van der Waals surface area contributed by atoms with Gasteiger partial charge in [-0.05, 0) is 25.3 Å². The van der Waals surface area contributed by atoms with Crippen molar-refractivity contribution < 1.29 is 4.74 Å². The van der Waals surface area contributed by atoms with Gasteiger partial charge < -0.3 is 10.1 Å². The van der Waals surface area contributed by atoms with Crippen LogP contribution < -0.4 is 5.32 Å². The minimum absolute atomic E-state index is 0.829. The molecule has 2 nitrogen and oxygen atoms in total. The van der Waals surface area contributed by atoms with E-state index in [1.807, 2.05) is 0 Å². The molecule has 0 aliphatic carbocycles. The molecule has 0 fully saturated rings. The van der Waals surface area contributed by atoms with Crippen LogP contribution >= 0.6 is 0 Å². The van der Waals surface area contributed by atoms with Gasteiger partial charge in [0, 0.05) is 13.7 Å². The molecule has 0 aromatic rings. The Morgan fingerprint density at radius 1 is 0.889 bits per heavy atom. The summed E-state index contributed by atoms with van der Waals surface area (Å²) in [6.07, 6.45) is 12.6. The first-order valence-electron chi connectivity index (χ1n) is 8.04. The smallest absolute Gasteiger partial charge is 0.0587 e. The predicted octanol–water partition coefficient (Wildman–Crippen LogP) is 4.39. The third-order valence-electron chi connectivity index (χ3n) is 3.58. The molecule has 18 heavy (non-hydrogen) atoms. The molecule has 2 heteroatoms. The van der Waals surface area contributed by atoms with Gasteiger partial charge in [-0.25, -0.2) is 0 Å². The van der Waals surface area contributed by atoms with Crippen molar-refractivity contribution in [1.29, 1.82) is 0 Å². The second-order valence-electron chi connectivity index (χ2n) is 5.41. The van der Waals surface area contributed by atoms with Crippen molar-refractivity contribution >= 4 is 0 Å². The van der Waals surface area contributed by atoms with E-state index in [1.54, 1.807) is 7.11 Å². The molecule has 0 rings (SSSR count). The van der Waals surface area contributed by atoms with E-state index in [0.29, 0.717) is 0 Å². The summed E-state index contributed by atoms with van der Waals surface area (Å²) in [7, 11) is 1.77. The van der Waals surface area contributed by atoms with Crippen LogP contribution in [-0.2, 0) is 4.74 Å². The summed E-state index contributed by atoms with van der Waals surface area (Å²) in [5.41, 5.74) is 0. The van der Waals surface area contributed by atoms with Crippen LogP contribution in [0.1, 0.15) is 71.6 Å². The van der Waals surface area contributed by atoms with Gasteiger partial charge in [0.1, 0.15) is 0 Å². The van der Waals surface area contributed by atoms with Crippen molar-refractivity contribution in [1.82, 2.24) is 5.32 Å². The Labute approximate surface area is 115 Å². The lowest BCUT2D eigenvalue weighted by Crippen LogP contribution is -2.26. The zero-order valence-electron chi connectivity index (χ0n) is 13.0. The highest BCUT2D eigenvalue weighted by molar-refractivity contribution is 4.62. The molecule has 0 aliphatic rings. The zero-order chi connectivity index (χ0) is 13.5. The van der Waals surface area contributed by atoms with E-state index >= 15 is 0 Å². The molecule has 1 atom stereocenters. The number of ether oxygens (including phenoxy) is 1. The van der Waals surface area contributed by atoms with Crippen molar-refractivity contribution in [2.24, 2.45) is 5.92 Å². The highest BCUT2D eigenvalue weighted by atomic mass is 16.5. The number of hydrogen-bond acceptors (Lipinski definition) is 2. The van der Waals surface area contributed by atoms with Crippen LogP contribution in [-0.4, -0.2) is 26.8 Å². The molecule has 1 N–H and O–H groups in total. The van der Waals surface area contributed by atoms with E-state index in [9.17, 15) is 0 Å². The molecule has 110 valence electrons. The van der Waals surface area contributed by atoms with Crippen LogP contribution in [0.2, 0.25) is 0 Å². The van der Waals surface area contributed by atoms with Crippen molar-refractivity contribution in [3.05, 3.63) is 0 Å². The predicted molar refractivity (Wildman–Crippen MR) is 81.1 cm³/mol. The van der Waals surface area contributed by atoms with Gasteiger partial charge in [0.25, 0.3) is 0 Å². The lowest BCUT2D eigenvalue weighted by Gasteiger charge is -2.16. The van der Waals surface area contributed by atoms with E-state index < -0.39 is 0 Å². The Kier molecular flexibility index (Phi) is 14.9. The SMILES string of the molecule is CCCCCCCCC(CCC)CNCCOC. The number of nitrogens with one attached hydrogen (secondary N) is 1. The Bertz CT molecular complexity index is 150. The van der Waals surface area contributed by atoms with E-state index in [2.05, 4.69) is 19.2 Å². The van der Waals surface area contributed by atoms with Gasteiger partial charge >= 0.3 is 0 Å². The van der Waals surface area contributed by atoms with E-state index in [4.69, 9.17) is 4.74 Å². The zero-order valence-corrected chi connectivity index (χ0v) is 13.0. The summed E-state index contributed by atoms with van der Waals surface area (Å²) in [6, 6.07) is 0. The third-order valence-corrected chi connectivity index (χ3v) is 3.58. The van der Waals surface area contributed by atoms with Gasteiger partial charge in [-0.2, -0.15) is 0 Å². The molecule has 0 saturated carbocycles. The van der Waals surface area contributed by atoms with Crippen molar-refractivity contribution in [2.45, 2.75) is 71.6 Å². The summed E-state index contributed by atoms with van der Waals surface area (Å²) in [4.78, 5) is 0. The Morgan fingerprint density at radius 3 is 2.28 bits per heavy atom. The maximum absolute atomic E-state index is 5.06. The maximum atomic E-state index is 5.06. The quantitative estimate of drug-likeness (QED) is 0.466. The van der Waals surface area contributed by atoms with Gasteiger partial charge in [-0.1, -0.05) is 58.8 Å². The van der Waals surface area contributed by atoms with Crippen LogP contribution in [0.25, 0.3) is 0 Å². The van der Waals surface area contributed by atoms with Gasteiger partial charge in [0.15, 0.2) is 0 Å². The monoisotopic (exact) mass is 257 g/mol. The molecule has 0 saturated heterocycles. The molecular weight excluding hydrogens is 222 g/mol. The summed E-state index contributed by atoms with van der Waals surface area (Å²) >= 11 is 0. The van der Waals surface area contributed by atoms with Crippen LogP contribution in [0.15, 0.2) is 0 Å². The average Bonchev–Trinajstić information content (AvgIpc) is 2.38. The lowest BCUT2D eigenvalue weighted by atomic mass is 9.96. The largest absolute Gasteiger partial charge is 0.383 e. The van der Waals surface area contributed by atoms with Gasteiger partial charge in [0.05, 0.1) is 6.61 Å². The van der Waals surface area contributed by atoms with Crippen LogP contribution in [0.3, 0.4) is 0 Å². The topological polar surface area (TPSA) is 21.3 Å². The second-order valence-corrected chi connectivity index (χ2v) is 5.41. The van der Waals surface area contributed by atoms with Gasteiger partial charge in [0.2, 0.25) is 0 Å². The number of unbranched alkanes of at least 4 members (excludes halogenated alkanes) is 5. The third kappa shape index (κ3) is 12.4. The number of methoxy groups -OCH3 is 1. The normalized spacial score (nSPS) is 12.8. The van der Waals surface area contributed by atoms with Crippen LogP contribution in [0, 0.1) is 5.92 Å². The molecule has 0 bridgehead atoms. The number of rotatable bonds is 14. The fraction of sp³-hybridized carbons (Fsp3) is 1.00. The Hall–Kier alpha value is -0.0800. The van der Waals surface area contributed by atoms with Crippen molar-refractivity contribution in [3.63, 3.8) is 0 Å². The standard InChI is InChI=1S/C16H35NO/c1-4-6-7-8-9-10-12-16(11-5-2)15-17-13-14-18-3/h16-17H,4-15H2,1-3H3. The first-order chi connectivity index (χ1) is 8.85. The van der Waals surface area contributed by atoms with Crippen LogP contribution in [0.5, 0.6) is 0 Å². The summed E-state index contributed by atoms with van der Waals surface area (Å²) < 4.78 is 5.06. The molecule has 0 radical (unpaired) electrons. The molecule has 0 spiro atoms. The average molecular weight is 257 g/mol. The molecule has 1 unspecified atom stereocenters. The fourth-order valence-electron chi connectivity index (χ4n) is 2.45. The molecule has 0 heterocycles. The van der Waals surface area contributed by atoms with Crippen LogP contribution in [0.4, 0.5) is 0 Å². The Balaban J connectivity index is 3.44.